The molecule has 0 aromatic carbocycles. The van der Waals surface area contributed by atoms with Gasteiger partial charge in [0.1, 0.15) is 10.9 Å². The van der Waals surface area contributed by atoms with Gasteiger partial charge in [0.15, 0.2) is 5.82 Å². The first-order valence-corrected chi connectivity index (χ1v) is 4.86. The van der Waals surface area contributed by atoms with E-state index in [-0.39, 0.29) is 5.82 Å². The van der Waals surface area contributed by atoms with E-state index in [4.69, 9.17) is 0 Å². The quantitative estimate of drug-likeness (QED) is 0.758. The minimum atomic E-state index is -4.40. The number of nitrogens with zero attached hydrogens (tertiary/aromatic N) is 4. The second-order valence-corrected chi connectivity index (χ2v) is 3.68. The highest BCUT2D eigenvalue weighted by Gasteiger charge is 2.32. The van der Waals surface area contributed by atoms with Gasteiger partial charge in [-0.3, -0.25) is 0 Å². The molecule has 0 aliphatic rings. The Morgan fingerprint density at radius 2 is 2.00 bits per heavy atom. The monoisotopic (exact) mass is 292 g/mol. The van der Waals surface area contributed by atoms with E-state index in [1.807, 2.05) is 0 Å². The maximum Gasteiger partial charge on any atom is 0.419 e. The third kappa shape index (κ3) is 2.21. The van der Waals surface area contributed by atoms with E-state index in [0.717, 1.165) is 17.1 Å². The molecule has 8 heteroatoms. The molecule has 0 N–H and O–H groups in total. The van der Waals surface area contributed by atoms with Gasteiger partial charge in [-0.25, -0.2) is 14.6 Å². The van der Waals surface area contributed by atoms with Crippen LogP contribution in [0.3, 0.4) is 0 Å². The van der Waals surface area contributed by atoms with E-state index in [1.54, 1.807) is 0 Å². The Bertz CT molecular complexity index is 508. The van der Waals surface area contributed by atoms with Gasteiger partial charge in [0.05, 0.1) is 11.8 Å². The van der Waals surface area contributed by atoms with Crippen LogP contribution < -0.4 is 0 Å². The minimum absolute atomic E-state index is 0.261. The van der Waals surface area contributed by atoms with Crippen LogP contribution in [0.5, 0.6) is 0 Å². The Kier molecular flexibility index (Phi) is 2.66. The molecule has 0 saturated carbocycles. The second kappa shape index (κ2) is 3.85. The summed E-state index contributed by atoms with van der Waals surface area (Å²) in [6.45, 7) is 0. The largest absolute Gasteiger partial charge is 0.419 e. The number of rotatable bonds is 1. The molecule has 0 unspecified atom stereocenters. The van der Waals surface area contributed by atoms with Gasteiger partial charge in [0, 0.05) is 12.3 Å². The Hall–Kier alpha value is -1.44. The van der Waals surface area contributed by atoms with Gasteiger partial charge in [0.2, 0.25) is 0 Å². The summed E-state index contributed by atoms with van der Waals surface area (Å²) in [5.74, 6) is 0.261. The lowest BCUT2D eigenvalue weighted by atomic mass is 10.4. The SMILES string of the molecule is FC(F)(F)c1cnn(-c2cc(Br)ncn2)c1. The zero-order chi connectivity index (χ0) is 11.8. The molecule has 16 heavy (non-hydrogen) atoms. The lowest BCUT2D eigenvalue weighted by Gasteiger charge is -2.01. The molecule has 2 rings (SSSR count). The van der Waals surface area contributed by atoms with Crippen LogP contribution in [-0.4, -0.2) is 19.7 Å². The third-order valence-electron chi connectivity index (χ3n) is 1.76. The van der Waals surface area contributed by atoms with Crippen LogP contribution in [0, 0.1) is 0 Å². The Morgan fingerprint density at radius 3 is 2.56 bits per heavy atom. The summed E-state index contributed by atoms with van der Waals surface area (Å²) < 4.78 is 38.4. The molecule has 4 nitrogen and oxygen atoms in total. The fourth-order valence-electron chi connectivity index (χ4n) is 1.04. The highest BCUT2D eigenvalue weighted by Crippen LogP contribution is 2.28. The number of halogens is 4. The van der Waals surface area contributed by atoms with Gasteiger partial charge in [-0.05, 0) is 15.9 Å². The van der Waals surface area contributed by atoms with E-state index in [1.165, 1.54) is 12.4 Å². The predicted octanol–water partition coefficient (Wildman–Crippen LogP) is 2.44. The van der Waals surface area contributed by atoms with Crippen LogP contribution in [0.1, 0.15) is 5.56 Å². The smallest absolute Gasteiger partial charge is 0.229 e. The fourth-order valence-corrected chi connectivity index (χ4v) is 1.34. The van der Waals surface area contributed by atoms with E-state index >= 15 is 0 Å². The molecule has 0 bridgehead atoms. The predicted molar refractivity (Wildman–Crippen MR) is 51.9 cm³/mol. The van der Waals surface area contributed by atoms with Crippen molar-refractivity contribution in [2.75, 3.05) is 0 Å². The Balaban J connectivity index is 2.39. The Labute approximate surface area is 96.3 Å². The first-order chi connectivity index (χ1) is 7.47. The minimum Gasteiger partial charge on any atom is -0.229 e. The summed E-state index contributed by atoms with van der Waals surface area (Å²) in [6, 6.07) is 1.47. The van der Waals surface area contributed by atoms with Crippen molar-refractivity contribution in [1.29, 1.82) is 0 Å². The van der Waals surface area contributed by atoms with E-state index in [9.17, 15) is 13.2 Å². The normalized spacial score (nSPS) is 11.8. The maximum absolute atomic E-state index is 12.3. The molecule has 0 saturated heterocycles. The maximum atomic E-state index is 12.3. The summed E-state index contributed by atoms with van der Waals surface area (Å²) in [6.07, 6.45) is -1.55. The van der Waals surface area contributed by atoms with Gasteiger partial charge in [0.25, 0.3) is 0 Å². The van der Waals surface area contributed by atoms with E-state index in [0.29, 0.717) is 4.60 Å². The molecule has 2 heterocycles. The Morgan fingerprint density at radius 1 is 1.25 bits per heavy atom. The topological polar surface area (TPSA) is 43.6 Å². The van der Waals surface area contributed by atoms with Gasteiger partial charge in [-0.15, -0.1) is 0 Å². The van der Waals surface area contributed by atoms with Crippen molar-refractivity contribution in [1.82, 2.24) is 19.7 Å². The van der Waals surface area contributed by atoms with Crippen LogP contribution in [0.15, 0.2) is 29.4 Å². The molecule has 0 radical (unpaired) electrons. The average molecular weight is 293 g/mol. The van der Waals surface area contributed by atoms with E-state index in [2.05, 4.69) is 31.0 Å². The van der Waals surface area contributed by atoms with Crippen molar-refractivity contribution >= 4 is 15.9 Å². The van der Waals surface area contributed by atoms with Gasteiger partial charge >= 0.3 is 6.18 Å². The van der Waals surface area contributed by atoms with Crippen LogP contribution in [0.25, 0.3) is 5.82 Å². The highest BCUT2D eigenvalue weighted by atomic mass is 79.9. The highest BCUT2D eigenvalue weighted by molar-refractivity contribution is 9.10. The van der Waals surface area contributed by atoms with Gasteiger partial charge < -0.3 is 0 Å². The van der Waals surface area contributed by atoms with Crippen molar-refractivity contribution in [2.45, 2.75) is 6.18 Å². The number of hydrogen-bond donors (Lipinski definition) is 0. The van der Waals surface area contributed by atoms with Crippen molar-refractivity contribution in [3.8, 4) is 5.82 Å². The zero-order valence-electron chi connectivity index (χ0n) is 7.61. The lowest BCUT2D eigenvalue weighted by molar-refractivity contribution is -0.137. The van der Waals surface area contributed by atoms with Crippen LogP contribution in [0.4, 0.5) is 13.2 Å². The molecule has 0 amide bonds. The summed E-state index contributed by atoms with van der Waals surface area (Å²) >= 11 is 3.09. The van der Waals surface area contributed by atoms with Crippen LogP contribution in [-0.2, 0) is 6.18 Å². The lowest BCUT2D eigenvalue weighted by Crippen LogP contribution is -2.03. The summed E-state index contributed by atoms with van der Waals surface area (Å²) in [4.78, 5) is 7.56. The first-order valence-electron chi connectivity index (χ1n) is 4.06. The second-order valence-electron chi connectivity index (χ2n) is 2.87. The van der Waals surface area contributed by atoms with Gasteiger partial charge in [-0.2, -0.15) is 18.3 Å². The average Bonchev–Trinajstić information content (AvgIpc) is 2.65. The molecule has 0 aliphatic heterocycles. The fraction of sp³-hybridized carbons (Fsp3) is 0.125. The van der Waals surface area contributed by atoms with Crippen molar-refractivity contribution in [2.24, 2.45) is 0 Å². The molecular formula is C8H4BrF3N4. The van der Waals surface area contributed by atoms with Crippen molar-refractivity contribution in [3.05, 3.63) is 35.0 Å². The third-order valence-corrected chi connectivity index (χ3v) is 2.20. The molecule has 2 aromatic heterocycles. The van der Waals surface area contributed by atoms with Crippen LogP contribution in [0.2, 0.25) is 0 Å². The molecule has 0 atom stereocenters. The van der Waals surface area contributed by atoms with Gasteiger partial charge in [-0.1, -0.05) is 0 Å². The first kappa shape index (κ1) is 11.1. The number of alkyl halides is 3. The van der Waals surface area contributed by atoms with Crippen molar-refractivity contribution < 1.29 is 13.2 Å². The number of aromatic nitrogens is 4. The molecule has 84 valence electrons. The molecule has 2 aromatic rings. The molecule has 0 fully saturated rings. The van der Waals surface area contributed by atoms with E-state index < -0.39 is 11.7 Å². The standard InChI is InChI=1S/C8H4BrF3N4/c9-6-1-7(14-4-13-6)16-3-5(2-15-16)8(10,11)12/h1-4H. The van der Waals surface area contributed by atoms with Crippen LogP contribution >= 0.6 is 15.9 Å². The summed E-state index contributed by atoms with van der Waals surface area (Å²) in [5.41, 5.74) is -0.817. The molecule has 0 spiro atoms. The summed E-state index contributed by atoms with van der Waals surface area (Å²) in [7, 11) is 0. The molecule has 0 aliphatic carbocycles. The van der Waals surface area contributed by atoms with Crippen molar-refractivity contribution in [3.63, 3.8) is 0 Å². The zero-order valence-corrected chi connectivity index (χ0v) is 9.20. The number of hydrogen-bond acceptors (Lipinski definition) is 3. The molecular weight excluding hydrogens is 289 g/mol. The summed E-state index contributed by atoms with van der Waals surface area (Å²) in [5, 5.41) is 3.58.